The first-order valence-electron chi connectivity index (χ1n) is 5.57. The fourth-order valence-corrected chi connectivity index (χ4v) is 2.66. The largest absolute Gasteiger partial charge is 0.326 e. The number of hydrogen-bond donors (Lipinski definition) is 1. The number of hydrogen-bond acceptors (Lipinski definition) is 4. The van der Waals surface area contributed by atoms with Crippen molar-refractivity contribution in [3.63, 3.8) is 0 Å². The first kappa shape index (κ1) is 13.4. The average molecular weight is 273 g/mol. The normalized spacial score (nSPS) is 11.8. The molecule has 5 heteroatoms. The van der Waals surface area contributed by atoms with Gasteiger partial charge in [-0.3, -0.25) is 4.79 Å². The second-order valence-corrected chi connectivity index (χ2v) is 5.03. The molecule has 0 saturated carbocycles. The van der Waals surface area contributed by atoms with Gasteiger partial charge in [-0.25, -0.2) is 9.98 Å². The number of anilines is 1. The van der Waals surface area contributed by atoms with E-state index in [0.29, 0.717) is 0 Å². The number of rotatable bonds is 2. The highest BCUT2D eigenvalue weighted by atomic mass is 32.1. The number of aromatic nitrogens is 1. The monoisotopic (exact) mass is 273 g/mol. The molecule has 4 nitrogen and oxygen atoms in total. The van der Waals surface area contributed by atoms with Crippen LogP contribution in [-0.4, -0.2) is 16.6 Å². The maximum Gasteiger partial charge on any atom is 0.221 e. The third-order valence-corrected chi connectivity index (χ3v) is 3.59. The Labute approximate surface area is 116 Å². The molecule has 0 bridgehead atoms. The third-order valence-electron chi connectivity index (χ3n) is 2.63. The van der Waals surface area contributed by atoms with Crippen LogP contribution in [0, 0.1) is 6.92 Å². The van der Waals surface area contributed by atoms with Crippen molar-refractivity contribution in [2.75, 3.05) is 5.32 Å². The van der Waals surface area contributed by atoms with Crippen LogP contribution in [0.15, 0.2) is 28.6 Å². The van der Waals surface area contributed by atoms with Gasteiger partial charge in [-0.15, -0.1) is 11.3 Å². The van der Waals surface area contributed by atoms with Crippen LogP contribution in [0.5, 0.6) is 0 Å². The van der Waals surface area contributed by atoms with Gasteiger partial charge in [-0.2, -0.15) is 0 Å². The number of nitrogens with zero attached hydrogens (tertiary/aromatic N) is 2. The molecule has 1 N–H and O–H groups in total. The number of nitrogens with one attached hydrogen (secondary N) is 1. The van der Waals surface area contributed by atoms with E-state index in [0.717, 1.165) is 33.4 Å². The number of aryl methyl sites for hydroxylation is 1. The van der Waals surface area contributed by atoms with E-state index in [4.69, 9.17) is 0 Å². The van der Waals surface area contributed by atoms with Crippen LogP contribution in [0.3, 0.4) is 0 Å². The predicted molar refractivity (Wildman–Crippen MR) is 79.6 cm³/mol. The van der Waals surface area contributed by atoms with Gasteiger partial charge in [0.05, 0.1) is 5.69 Å². The van der Waals surface area contributed by atoms with E-state index in [1.807, 2.05) is 30.5 Å². The van der Waals surface area contributed by atoms with Crippen molar-refractivity contribution in [3.05, 3.63) is 39.8 Å². The Morgan fingerprint density at radius 3 is 2.79 bits per heavy atom. The van der Waals surface area contributed by atoms with E-state index < -0.39 is 0 Å². The summed E-state index contributed by atoms with van der Waals surface area (Å²) in [7, 11) is 0. The van der Waals surface area contributed by atoms with Gasteiger partial charge in [0.15, 0.2) is 0 Å². The van der Waals surface area contributed by atoms with Crippen LogP contribution in [0.4, 0.5) is 11.4 Å². The van der Waals surface area contributed by atoms with Crippen LogP contribution in [0.1, 0.15) is 30.6 Å². The molecule has 98 valence electrons. The van der Waals surface area contributed by atoms with Crippen LogP contribution < -0.4 is 5.32 Å². The molecule has 1 aliphatic rings. The SMILES string of the molecule is C.CC(=O)Nc1ccc2c(c1)C(c1nc(C)cs1)=N2. The molecule has 0 fully saturated rings. The molecule has 2 heterocycles. The van der Waals surface area contributed by atoms with Crippen molar-refractivity contribution in [2.24, 2.45) is 4.99 Å². The molecule has 0 saturated heterocycles. The standard InChI is InChI=1S/C13H11N3OS.CH4/c1-7-6-18-13(14-7)12-10-5-9(15-8(2)17)3-4-11(10)16-12;/h3-6H,1-2H3,(H,15,17);1H4. The highest BCUT2D eigenvalue weighted by Crippen LogP contribution is 2.35. The van der Waals surface area contributed by atoms with Crippen LogP contribution in [-0.2, 0) is 4.79 Å². The average Bonchev–Trinajstić information content (AvgIpc) is 2.68. The number of aliphatic imine (C=N–C) groups is 1. The second-order valence-electron chi connectivity index (χ2n) is 4.17. The molecule has 3 rings (SSSR count). The van der Waals surface area contributed by atoms with Gasteiger partial charge in [0.1, 0.15) is 10.7 Å². The predicted octanol–water partition coefficient (Wildman–Crippen LogP) is 3.53. The second kappa shape index (κ2) is 4.93. The maximum absolute atomic E-state index is 11.0. The lowest BCUT2D eigenvalue weighted by Gasteiger charge is -2.17. The van der Waals surface area contributed by atoms with Gasteiger partial charge < -0.3 is 5.32 Å². The summed E-state index contributed by atoms with van der Waals surface area (Å²) in [4.78, 5) is 19.9. The third kappa shape index (κ3) is 2.42. The van der Waals surface area contributed by atoms with Crippen molar-refractivity contribution in [3.8, 4) is 0 Å². The van der Waals surface area contributed by atoms with Gasteiger partial charge in [-0.05, 0) is 25.1 Å². The molecule has 0 radical (unpaired) electrons. The Balaban J connectivity index is 0.00000133. The molecule has 0 spiro atoms. The Bertz CT molecular complexity index is 673. The van der Waals surface area contributed by atoms with Gasteiger partial charge in [0.25, 0.3) is 0 Å². The van der Waals surface area contributed by atoms with E-state index in [-0.39, 0.29) is 13.3 Å². The molecule has 1 amide bonds. The lowest BCUT2D eigenvalue weighted by Crippen LogP contribution is -2.13. The number of benzene rings is 1. The van der Waals surface area contributed by atoms with Gasteiger partial charge in [-0.1, -0.05) is 7.43 Å². The zero-order valence-electron chi connectivity index (χ0n) is 10.0. The van der Waals surface area contributed by atoms with Crippen molar-refractivity contribution >= 4 is 34.3 Å². The lowest BCUT2D eigenvalue weighted by atomic mass is 10.0. The molecule has 0 unspecified atom stereocenters. The van der Waals surface area contributed by atoms with Crippen LogP contribution >= 0.6 is 11.3 Å². The first-order valence-corrected chi connectivity index (χ1v) is 6.44. The Morgan fingerprint density at radius 1 is 1.37 bits per heavy atom. The first-order chi connectivity index (χ1) is 8.63. The molecule has 1 aromatic carbocycles. The quantitative estimate of drug-likeness (QED) is 0.776. The Hall–Kier alpha value is -2.01. The lowest BCUT2D eigenvalue weighted by molar-refractivity contribution is -0.114. The Kier molecular flexibility index (Phi) is 3.48. The van der Waals surface area contributed by atoms with Crippen LogP contribution in [0.2, 0.25) is 0 Å². The van der Waals surface area contributed by atoms with Gasteiger partial charge >= 0.3 is 0 Å². The molecule has 19 heavy (non-hydrogen) atoms. The highest BCUT2D eigenvalue weighted by Gasteiger charge is 2.22. The summed E-state index contributed by atoms with van der Waals surface area (Å²) >= 11 is 1.59. The van der Waals surface area contributed by atoms with Gasteiger partial charge in [0, 0.05) is 29.2 Å². The fraction of sp³-hybridized carbons (Fsp3) is 0.214. The van der Waals surface area contributed by atoms with Gasteiger partial charge in [0.2, 0.25) is 5.91 Å². The van der Waals surface area contributed by atoms with E-state index in [1.165, 1.54) is 6.92 Å². The molecular formula is C14H15N3OS. The number of fused-ring (bicyclic) bond motifs is 1. The Morgan fingerprint density at radius 2 is 2.16 bits per heavy atom. The minimum absolute atomic E-state index is 0. The molecule has 1 aromatic heterocycles. The molecule has 0 atom stereocenters. The fourth-order valence-electron chi connectivity index (χ4n) is 1.86. The molecule has 2 aromatic rings. The molecule has 0 aliphatic carbocycles. The molecule has 1 aliphatic heterocycles. The number of amides is 1. The minimum atomic E-state index is -0.0714. The summed E-state index contributed by atoms with van der Waals surface area (Å²) in [5, 5.41) is 5.71. The maximum atomic E-state index is 11.0. The zero-order valence-corrected chi connectivity index (χ0v) is 10.8. The number of carbonyl (C=O) groups excluding carboxylic acids is 1. The van der Waals surface area contributed by atoms with Crippen molar-refractivity contribution < 1.29 is 4.79 Å². The van der Waals surface area contributed by atoms with E-state index >= 15 is 0 Å². The topological polar surface area (TPSA) is 54.4 Å². The number of thiazole rings is 1. The summed E-state index contributed by atoms with van der Waals surface area (Å²) in [6, 6.07) is 5.70. The summed E-state index contributed by atoms with van der Waals surface area (Å²) in [6.45, 7) is 3.46. The van der Waals surface area contributed by atoms with Crippen LogP contribution in [0.25, 0.3) is 0 Å². The summed E-state index contributed by atoms with van der Waals surface area (Å²) in [6.07, 6.45) is 0. The smallest absolute Gasteiger partial charge is 0.221 e. The van der Waals surface area contributed by atoms with Crippen molar-refractivity contribution in [2.45, 2.75) is 21.3 Å². The summed E-state index contributed by atoms with van der Waals surface area (Å²) < 4.78 is 0. The highest BCUT2D eigenvalue weighted by molar-refractivity contribution is 7.12. The molecular weight excluding hydrogens is 258 g/mol. The summed E-state index contributed by atoms with van der Waals surface area (Å²) in [5.74, 6) is -0.0714. The van der Waals surface area contributed by atoms with E-state index in [2.05, 4.69) is 15.3 Å². The van der Waals surface area contributed by atoms with E-state index in [9.17, 15) is 4.79 Å². The zero-order chi connectivity index (χ0) is 12.7. The minimum Gasteiger partial charge on any atom is -0.326 e. The van der Waals surface area contributed by atoms with Crippen molar-refractivity contribution in [1.29, 1.82) is 0 Å². The van der Waals surface area contributed by atoms with Crippen molar-refractivity contribution in [1.82, 2.24) is 4.98 Å². The number of carbonyl (C=O) groups is 1. The van der Waals surface area contributed by atoms with E-state index in [1.54, 1.807) is 11.3 Å². The summed E-state index contributed by atoms with van der Waals surface area (Å²) in [5.41, 5.74) is 4.71.